The van der Waals surface area contributed by atoms with Crippen molar-refractivity contribution in [2.45, 2.75) is 11.0 Å². The van der Waals surface area contributed by atoms with Crippen LogP contribution < -0.4 is 9.62 Å². The van der Waals surface area contributed by atoms with Gasteiger partial charge in [-0.2, -0.15) is 0 Å². The van der Waals surface area contributed by atoms with E-state index in [1.165, 1.54) is 0 Å². The van der Waals surface area contributed by atoms with Gasteiger partial charge < -0.3 is 10.0 Å². The van der Waals surface area contributed by atoms with Crippen molar-refractivity contribution >= 4 is 15.7 Å². The molecule has 2 rings (SSSR count). The fourth-order valence-electron chi connectivity index (χ4n) is 2.03. The summed E-state index contributed by atoms with van der Waals surface area (Å²) in [6, 6.07) is 9.25. The van der Waals surface area contributed by atoms with Gasteiger partial charge in [0.25, 0.3) is 0 Å². The maximum absolute atomic E-state index is 13.2. The van der Waals surface area contributed by atoms with Crippen molar-refractivity contribution in [1.82, 2.24) is 4.72 Å². The van der Waals surface area contributed by atoms with Gasteiger partial charge in [-0.05, 0) is 35.9 Å². The number of halogens is 2. The fourth-order valence-corrected chi connectivity index (χ4v) is 3.08. The summed E-state index contributed by atoms with van der Waals surface area (Å²) in [6.45, 7) is -0.289. The number of aliphatic hydroxyl groups excluding tert-OH is 1. The largest absolute Gasteiger partial charge is 0.387 e. The summed E-state index contributed by atoms with van der Waals surface area (Å²) in [5.74, 6) is -2.38. The molecule has 8 heteroatoms. The van der Waals surface area contributed by atoms with Crippen LogP contribution in [-0.2, 0) is 10.0 Å². The maximum atomic E-state index is 13.2. The van der Waals surface area contributed by atoms with Gasteiger partial charge >= 0.3 is 0 Å². The molecule has 130 valence electrons. The van der Waals surface area contributed by atoms with Crippen molar-refractivity contribution in [3.05, 3.63) is 59.7 Å². The molecule has 24 heavy (non-hydrogen) atoms. The van der Waals surface area contributed by atoms with Crippen LogP contribution in [0.4, 0.5) is 14.5 Å². The van der Waals surface area contributed by atoms with Gasteiger partial charge in [-0.3, -0.25) is 0 Å². The van der Waals surface area contributed by atoms with Crippen molar-refractivity contribution in [3.63, 3.8) is 0 Å². The number of sulfonamides is 1. The molecule has 2 aromatic carbocycles. The van der Waals surface area contributed by atoms with Crippen LogP contribution in [0.2, 0.25) is 0 Å². The topological polar surface area (TPSA) is 69.6 Å². The first-order valence-electron chi connectivity index (χ1n) is 7.11. The standard InChI is InChI=1S/C16H18F2N2O3S/c1-20(2)12-5-3-11(4-6-12)16(21)10-19-24(22,23)13-7-8-14(17)15(18)9-13/h3-9,16,19,21H,10H2,1-2H3. The Morgan fingerprint density at radius 3 is 2.25 bits per heavy atom. The Morgan fingerprint density at radius 1 is 1.08 bits per heavy atom. The van der Waals surface area contributed by atoms with Crippen LogP contribution in [0.3, 0.4) is 0 Å². The molecule has 0 aliphatic rings. The van der Waals surface area contributed by atoms with E-state index >= 15 is 0 Å². The molecule has 0 radical (unpaired) electrons. The second-order valence-corrected chi connectivity index (χ2v) is 7.20. The van der Waals surface area contributed by atoms with E-state index in [-0.39, 0.29) is 6.54 Å². The third-order valence-corrected chi connectivity index (χ3v) is 4.88. The lowest BCUT2D eigenvalue weighted by atomic mass is 10.1. The molecule has 1 atom stereocenters. The second kappa shape index (κ2) is 7.25. The predicted molar refractivity (Wildman–Crippen MR) is 87.3 cm³/mol. The monoisotopic (exact) mass is 356 g/mol. The Morgan fingerprint density at radius 2 is 1.71 bits per heavy atom. The Hall–Kier alpha value is -2.03. The molecule has 0 spiro atoms. The van der Waals surface area contributed by atoms with Crippen LogP contribution >= 0.6 is 0 Å². The van der Waals surface area contributed by atoms with Gasteiger partial charge in [0.15, 0.2) is 11.6 Å². The van der Waals surface area contributed by atoms with Gasteiger partial charge in [-0.1, -0.05) is 12.1 Å². The lowest BCUT2D eigenvalue weighted by molar-refractivity contribution is 0.182. The molecule has 0 aliphatic carbocycles. The Bertz CT molecular complexity index is 809. The van der Waals surface area contributed by atoms with Crippen LogP contribution in [0.5, 0.6) is 0 Å². The van der Waals surface area contributed by atoms with Crippen LogP contribution in [0, 0.1) is 11.6 Å². The summed E-state index contributed by atoms with van der Waals surface area (Å²) in [5, 5.41) is 10.1. The van der Waals surface area contributed by atoms with Crippen LogP contribution in [0.1, 0.15) is 11.7 Å². The highest BCUT2D eigenvalue weighted by Gasteiger charge is 2.18. The molecule has 0 fully saturated rings. The number of aliphatic hydroxyl groups is 1. The van der Waals surface area contributed by atoms with E-state index in [9.17, 15) is 22.3 Å². The van der Waals surface area contributed by atoms with Gasteiger partial charge in [0.2, 0.25) is 10.0 Å². The maximum Gasteiger partial charge on any atom is 0.240 e. The summed E-state index contributed by atoms with van der Waals surface area (Å²) in [7, 11) is -0.296. The Kier molecular flexibility index (Phi) is 5.53. The number of hydrogen-bond acceptors (Lipinski definition) is 4. The van der Waals surface area contributed by atoms with Crippen molar-refractivity contribution < 1.29 is 22.3 Å². The van der Waals surface area contributed by atoms with E-state index in [1.807, 2.05) is 19.0 Å². The van der Waals surface area contributed by atoms with Crippen molar-refractivity contribution in [1.29, 1.82) is 0 Å². The Balaban J connectivity index is 2.06. The van der Waals surface area contributed by atoms with Crippen molar-refractivity contribution in [2.75, 3.05) is 25.5 Å². The highest BCUT2D eigenvalue weighted by Crippen LogP contribution is 2.19. The number of anilines is 1. The summed E-state index contributed by atoms with van der Waals surface area (Å²) < 4.78 is 52.3. The third-order valence-electron chi connectivity index (χ3n) is 3.46. The van der Waals surface area contributed by atoms with E-state index in [0.29, 0.717) is 11.6 Å². The molecule has 0 aliphatic heterocycles. The number of benzene rings is 2. The van der Waals surface area contributed by atoms with Crippen molar-refractivity contribution in [2.24, 2.45) is 0 Å². The zero-order valence-electron chi connectivity index (χ0n) is 13.2. The number of nitrogens with one attached hydrogen (secondary N) is 1. The summed E-state index contributed by atoms with van der Waals surface area (Å²) >= 11 is 0. The van der Waals surface area contributed by atoms with Gasteiger partial charge in [0.05, 0.1) is 11.0 Å². The molecule has 0 amide bonds. The fraction of sp³-hybridized carbons (Fsp3) is 0.250. The molecule has 0 bridgehead atoms. The molecule has 0 saturated carbocycles. The zero-order chi connectivity index (χ0) is 17.9. The first-order chi connectivity index (χ1) is 11.2. The molecule has 0 aromatic heterocycles. The van der Waals surface area contributed by atoms with Crippen LogP contribution in [0.15, 0.2) is 47.4 Å². The van der Waals surface area contributed by atoms with Crippen LogP contribution in [-0.4, -0.2) is 34.2 Å². The first-order valence-corrected chi connectivity index (χ1v) is 8.59. The molecule has 0 heterocycles. The van der Waals surface area contributed by atoms with Gasteiger partial charge in [0.1, 0.15) is 0 Å². The minimum atomic E-state index is -4.05. The predicted octanol–water partition coefficient (Wildman–Crippen LogP) is 2.04. The third kappa shape index (κ3) is 4.28. The number of hydrogen-bond donors (Lipinski definition) is 2. The summed E-state index contributed by atoms with van der Waals surface area (Å²) in [4.78, 5) is 1.48. The highest BCUT2D eigenvalue weighted by atomic mass is 32.2. The average molecular weight is 356 g/mol. The van der Waals surface area contributed by atoms with Gasteiger partial charge in [-0.15, -0.1) is 0 Å². The quantitative estimate of drug-likeness (QED) is 0.831. The molecular formula is C16H18F2N2O3S. The molecule has 2 aromatic rings. The van der Waals surface area contributed by atoms with E-state index in [4.69, 9.17) is 0 Å². The highest BCUT2D eigenvalue weighted by molar-refractivity contribution is 7.89. The molecule has 2 N–H and O–H groups in total. The van der Waals surface area contributed by atoms with E-state index in [0.717, 1.165) is 17.8 Å². The van der Waals surface area contributed by atoms with E-state index in [1.54, 1.807) is 24.3 Å². The minimum Gasteiger partial charge on any atom is -0.387 e. The zero-order valence-corrected chi connectivity index (χ0v) is 14.0. The molecule has 1 unspecified atom stereocenters. The van der Waals surface area contributed by atoms with Gasteiger partial charge in [-0.25, -0.2) is 21.9 Å². The average Bonchev–Trinajstić information content (AvgIpc) is 2.55. The molecule has 5 nitrogen and oxygen atoms in total. The number of rotatable bonds is 6. The lowest BCUT2D eigenvalue weighted by Crippen LogP contribution is -2.28. The Labute approximate surface area is 139 Å². The van der Waals surface area contributed by atoms with Gasteiger partial charge in [0, 0.05) is 26.3 Å². The van der Waals surface area contributed by atoms with Crippen LogP contribution in [0.25, 0.3) is 0 Å². The van der Waals surface area contributed by atoms with E-state index in [2.05, 4.69) is 4.72 Å². The lowest BCUT2D eigenvalue weighted by Gasteiger charge is -2.16. The number of nitrogens with zero attached hydrogens (tertiary/aromatic N) is 1. The molecular weight excluding hydrogens is 338 g/mol. The normalized spacial score (nSPS) is 12.9. The second-order valence-electron chi connectivity index (χ2n) is 5.43. The summed E-state index contributed by atoms with van der Waals surface area (Å²) in [6.07, 6.45) is -1.07. The van der Waals surface area contributed by atoms with E-state index < -0.39 is 32.7 Å². The molecule has 0 saturated heterocycles. The SMILES string of the molecule is CN(C)c1ccc(C(O)CNS(=O)(=O)c2ccc(F)c(F)c2)cc1. The first kappa shape index (κ1) is 18.3. The van der Waals surface area contributed by atoms with Crippen molar-refractivity contribution in [3.8, 4) is 0 Å². The smallest absolute Gasteiger partial charge is 0.240 e. The summed E-state index contributed by atoms with van der Waals surface area (Å²) in [5.41, 5.74) is 1.47. The minimum absolute atomic E-state index is 0.289.